The first-order valence-electron chi connectivity index (χ1n) is 7.11. The maximum atomic E-state index is 11.7. The molecule has 3 rings (SSSR count). The van der Waals surface area contributed by atoms with Crippen molar-refractivity contribution >= 4 is 23.3 Å². The van der Waals surface area contributed by atoms with Gasteiger partial charge >= 0.3 is 6.09 Å². The maximum absolute atomic E-state index is 11.7. The van der Waals surface area contributed by atoms with Gasteiger partial charge in [0.1, 0.15) is 5.15 Å². The highest BCUT2D eigenvalue weighted by molar-refractivity contribution is 6.29. The molecule has 112 valence electrons. The van der Waals surface area contributed by atoms with Gasteiger partial charge in [-0.1, -0.05) is 11.6 Å². The lowest BCUT2D eigenvalue weighted by Crippen LogP contribution is -2.38. The van der Waals surface area contributed by atoms with Crippen LogP contribution in [0.4, 0.5) is 4.79 Å². The Morgan fingerprint density at radius 1 is 1.48 bits per heavy atom. The normalized spacial score (nSPS) is 16.4. The minimum Gasteiger partial charge on any atom is -0.450 e. The van der Waals surface area contributed by atoms with Crippen molar-refractivity contribution in [3.8, 4) is 0 Å². The molecule has 0 aromatic carbocycles. The van der Waals surface area contributed by atoms with Crippen molar-refractivity contribution in [3.05, 3.63) is 29.2 Å². The second-order valence-corrected chi connectivity index (χ2v) is 5.45. The number of hydrogen-bond acceptors (Lipinski definition) is 4. The Morgan fingerprint density at radius 2 is 2.24 bits per heavy atom. The molecule has 1 amide bonds. The second kappa shape index (κ2) is 5.89. The summed E-state index contributed by atoms with van der Waals surface area (Å²) in [7, 11) is 0. The van der Waals surface area contributed by atoms with Crippen LogP contribution >= 0.6 is 11.6 Å². The first kappa shape index (κ1) is 14.1. The molecular weight excluding hydrogens is 292 g/mol. The molecule has 0 unspecified atom stereocenters. The summed E-state index contributed by atoms with van der Waals surface area (Å²) in [5.41, 5.74) is 1.72. The highest BCUT2D eigenvalue weighted by Crippen LogP contribution is 2.29. The molecule has 21 heavy (non-hydrogen) atoms. The predicted molar refractivity (Wildman–Crippen MR) is 78.6 cm³/mol. The minimum atomic E-state index is -0.229. The van der Waals surface area contributed by atoms with Crippen LogP contribution in [0.2, 0.25) is 5.15 Å². The zero-order valence-corrected chi connectivity index (χ0v) is 12.6. The molecule has 2 aromatic rings. The number of piperidine rings is 1. The Kier molecular flexibility index (Phi) is 3.96. The number of ether oxygens (including phenoxy) is 1. The van der Waals surface area contributed by atoms with E-state index in [1.807, 2.05) is 19.1 Å². The first-order chi connectivity index (χ1) is 10.2. The van der Waals surface area contributed by atoms with Crippen LogP contribution in [-0.2, 0) is 4.74 Å². The fourth-order valence-corrected chi connectivity index (χ4v) is 2.92. The van der Waals surface area contributed by atoms with Gasteiger partial charge in [-0.05, 0) is 25.8 Å². The third kappa shape index (κ3) is 2.81. The lowest BCUT2D eigenvalue weighted by molar-refractivity contribution is 0.0968. The summed E-state index contributed by atoms with van der Waals surface area (Å²) < 4.78 is 6.64. The number of likely N-dealkylation sites (tertiary alicyclic amines) is 1. The molecule has 0 bridgehead atoms. The highest BCUT2D eigenvalue weighted by atomic mass is 35.5. The van der Waals surface area contributed by atoms with Crippen LogP contribution in [0.1, 0.15) is 31.4 Å². The van der Waals surface area contributed by atoms with Crippen molar-refractivity contribution in [2.75, 3.05) is 19.7 Å². The van der Waals surface area contributed by atoms with Gasteiger partial charge in [-0.2, -0.15) is 5.10 Å². The number of rotatable bonds is 2. The summed E-state index contributed by atoms with van der Waals surface area (Å²) in [5.74, 6) is 0.313. The molecule has 0 saturated carbocycles. The summed E-state index contributed by atoms with van der Waals surface area (Å²) in [6.07, 6.45) is 3.19. The third-order valence-corrected chi connectivity index (χ3v) is 4.04. The van der Waals surface area contributed by atoms with E-state index in [9.17, 15) is 4.79 Å². The number of hydrogen-bond donors (Lipinski definition) is 0. The van der Waals surface area contributed by atoms with Crippen molar-refractivity contribution < 1.29 is 9.53 Å². The molecule has 7 heteroatoms. The Labute approximate surface area is 127 Å². The molecule has 1 aliphatic heterocycles. The van der Waals surface area contributed by atoms with Gasteiger partial charge < -0.3 is 9.64 Å². The van der Waals surface area contributed by atoms with Gasteiger partial charge in [0.2, 0.25) is 0 Å². The molecule has 1 fully saturated rings. The van der Waals surface area contributed by atoms with Crippen LogP contribution < -0.4 is 0 Å². The monoisotopic (exact) mass is 308 g/mol. The summed E-state index contributed by atoms with van der Waals surface area (Å²) in [5, 5.41) is 4.68. The van der Waals surface area contributed by atoms with Gasteiger partial charge in [-0.25, -0.2) is 14.3 Å². The molecular formula is C14H17ClN4O2. The van der Waals surface area contributed by atoms with E-state index >= 15 is 0 Å². The Hall–Kier alpha value is -1.82. The Balaban J connectivity index is 1.72. The number of carbonyl (C=O) groups is 1. The standard InChI is InChI=1S/C14H17ClN4O2/c1-2-21-14(20)18-7-4-10(5-8-18)11-9-12(15)19-13(17-11)3-6-16-19/h3,6,9-10H,2,4-5,7-8H2,1H3. The largest absolute Gasteiger partial charge is 0.450 e. The average molecular weight is 309 g/mol. The molecule has 0 aliphatic carbocycles. The van der Waals surface area contributed by atoms with Crippen molar-refractivity contribution in [1.82, 2.24) is 19.5 Å². The van der Waals surface area contributed by atoms with Gasteiger partial charge in [0.25, 0.3) is 0 Å². The predicted octanol–water partition coefficient (Wildman–Crippen LogP) is 2.72. The van der Waals surface area contributed by atoms with Crippen LogP contribution in [0.3, 0.4) is 0 Å². The number of carbonyl (C=O) groups excluding carboxylic acids is 1. The molecule has 2 aromatic heterocycles. The third-order valence-electron chi connectivity index (χ3n) is 3.77. The van der Waals surface area contributed by atoms with Gasteiger partial charge in [0.05, 0.1) is 12.8 Å². The van der Waals surface area contributed by atoms with Gasteiger partial charge in [0, 0.05) is 30.8 Å². The van der Waals surface area contributed by atoms with Crippen LogP contribution in [0.25, 0.3) is 5.65 Å². The quantitative estimate of drug-likeness (QED) is 0.800. The minimum absolute atomic E-state index is 0.229. The summed E-state index contributed by atoms with van der Waals surface area (Å²) in [6.45, 7) is 3.60. The smallest absolute Gasteiger partial charge is 0.409 e. The first-order valence-corrected chi connectivity index (χ1v) is 7.48. The molecule has 1 saturated heterocycles. The number of aromatic nitrogens is 3. The van der Waals surface area contributed by atoms with E-state index in [-0.39, 0.29) is 6.09 Å². The lowest BCUT2D eigenvalue weighted by Gasteiger charge is -2.31. The average Bonchev–Trinajstić information content (AvgIpc) is 2.97. The van der Waals surface area contributed by atoms with Crippen molar-refractivity contribution in [1.29, 1.82) is 0 Å². The fourth-order valence-electron chi connectivity index (χ4n) is 2.68. The maximum Gasteiger partial charge on any atom is 0.409 e. The molecule has 3 heterocycles. The summed E-state index contributed by atoms with van der Waals surface area (Å²) >= 11 is 6.22. The SMILES string of the molecule is CCOC(=O)N1CCC(c2cc(Cl)n3nccc3n2)CC1. The second-order valence-electron chi connectivity index (χ2n) is 5.07. The summed E-state index contributed by atoms with van der Waals surface area (Å²) in [4.78, 5) is 18.0. The Bertz CT molecular complexity index is 649. The topological polar surface area (TPSA) is 59.7 Å². The molecule has 1 aliphatic rings. The zero-order chi connectivity index (χ0) is 14.8. The zero-order valence-electron chi connectivity index (χ0n) is 11.8. The fraction of sp³-hybridized carbons (Fsp3) is 0.500. The highest BCUT2D eigenvalue weighted by Gasteiger charge is 2.25. The number of amides is 1. The van der Waals surface area contributed by atoms with Gasteiger partial charge in [-0.15, -0.1) is 0 Å². The lowest BCUT2D eigenvalue weighted by atomic mass is 9.93. The molecule has 0 atom stereocenters. The van der Waals surface area contributed by atoms with Crippen LogP contribution in [-0.4, -0.2) is 45.3 Å². The van der Waals surface area contributed by atoms with E-state index in [1.165, 1.54) is 0 Å². The molecule has 6 nitrogen and oxygen atoms in total. The number of fused-ring (bicyclic) bond motifs is 1. The summed E-state index contributed by atoms with van der Waals surface area (Å²) in [6, 6.07) is 3.70. The van der Waals surface area contributed by atoms with Crippen molar-refractivity contribution in [3.63, 3.8) is 0 Å². The van der Waals surface area contributed by atoms with Crippen LogP contribution in [0.15, 0.2) is 18.3 Å². The van der Waals surface area contributed by atoms with E-state index in [0.717, 1.165) is 24.2 Å². The van der Waals surface area contributed by atoms with E-state index in [0.29, 0.717) is 30.8 Å². The number of halogens is 1. The van der Waals surface area contributed by atoms with E-state index in [4.69, 9.17) is 16.3 Å². The van der Waals surface area contributed by atoms with Crippen molar-refractivity contribution in [2.45, 2.75) is 25.7 Å². The van der Waals surface area contributed by atoms with Gasteiger partial charge in [-0.3, -0.25) is 0 Å². The van der Waals surface area contributed by atoms with Gasteiger partial charge in [0.15, 0.2) is 5.65 Å². The van der Waals surface area contributed by atoms with E-state index < -0.39 is 0 Å². The van der Waals surface area contributed by atoms with Crippen molar-refractivity contribution in [2.24, 2.45) is 0 Å². The van der Waals surface area contributed by atoms with Crippen LogP contribution in [0.5, 0.6) is 0 Å². The van der Waals surface area contributed by atoms with E-state index in [2.05, 4.69) is 10.1 Å². The van der Waals surface area contributed by atoms with Crippen LogP contribution in [0, 0.1) is 0 Å². The molecule has 0 N–H and O–H groups in total. The molecule has 0 spiro atoms. The molecule has 0 radical (unpaired) electrons. The van der Waals surface area contributed by atoms with E-state index in [1.54, 1.807) is 15.6 Å². The number of nitrogens with zero attached hydrogens (tertiary/aromatic N) is 4. The Morgan fingerprint density at radius 3 is 2.95 bits per heavy atom.